The summed E-state index contributed by atoms with van der Waals surface area (Å²) in [6.45, 7) is 15.1. The first-order valence-corrected chi connectivity index (χ1v) is 14.2. The fraction of sp³-hybridized carbons (Fsp3) is 0.517. The van der Waals surface area contributed by atoms with Crippen molar-refractivity contribution in [3.05, 3.63) is 47.8 Å². The van der Waals surface area contributed by atoms with Crippen molar-refractivity contribution in [3.63, 3.8) is 0 Å². The van der Waals surface area contributed by atoms with Crippen molar-refractivity contribution in [2.45, 2.75) is 39.2 Å². The predicted octanol–water partition coefficient (Wildman–Crippen LogP) is 2.12. The molecule has 0 spiro atoms. The van der Waals surface area contributed by atoms with Crippen LogP contribution in [-0.2, 0) is 11.2 Å². The summed E-state index contributed by atoms with van der Waals surface area (Å²) in [5, 5.41) is 9.18. The molecule has 2 fully saturated rings. The van der Waals surface area contributed by atoms with Gasteiger partial charge in [-0.15, -0.1) is 0 Å². The highest BCUT2D eigenvalue weighted by atomic mass is 16.1. The van der Waals surface area contributed by atoms with Gasteiger partial charge < -0.3 is 31.5 Å². The number of carbonyl (C=O) groups is 2. The third kappa shape index (κ3) is 7.28. The van der Waals surface area contributed by atoms with Gasteiger partial charge in [-0.05, 0) is 63.1 Å². The van der Waals surface area contributed by atoms with Gasteiger partial charge in [0.25, 0.3) is 5.91 Å². The molecule has 2 aliphatic heterocycles. The fourth-order valence-electron chi connectivity index (χ4n) is 5.44. The Morgan fingerprint density at radius 2 is 1.80 bits per heavy atom. The number of piperidine rings is 1. The number of aromatic nitrogens is 2. The van der Waals surface area contributed by atoms with Gasteiger partial charge in [-0.2, -0.15) is 0 Å². The van der Waals surface area contributed by atoms with Crippen LogP contribution in [-0.4, -0.2) is 97.0 Å². The van der Waals surface area contributed by atoms with Crippen LogP contribution in [0.5, 0.6) is 0 Å². The number of amides is 2. The van der Waals surface area contributed by atoms with Crippen LogP contribution in [0, 0.1) is 6.92 Å². The molecular weight excluding hydrogens is 506 g/mol. The normalized spacial score (nSPS) is 16.9. The Morgan fingerprint density at radius 3 is 2.42 bits per heavy atom. The Hall–Kier alpha value is -3.70. The lowest BCUT2D eigenvalue weighted by Crippen LogP contribution is -2.52. The molecule has 40 heavy (non-hydrogen) atoms. The van der Waals surface area contributed by atoms with Crippen LogP contribution in [0.1, 0.15) is 41.5 Å². The molecule has 0 aliphatic carbocycles. The van der Waals surface area contributed by atoms with E-state index in [1.807, 2.05) is 13.0 Å². The third-order valence-electron chi connectivity index (χ3n) is 7.76. The van der Waals surface area contributed by atoms with Gasteiger partial charge in [-0.1, -0.05) is 13.5 Å². The molecule has 0 atom stereocenters. The van der Waals surface area contributed by atoms with Crippen molar-refractivity contribution < 1.29 is 9.59 Å². The van der Waals surface area contributed by atoms with E-state index < -0.39 is 5.91 Å². The zero-order valence-electron chi connectivity index (χ0n) is 24.0. The number of rotatable bonds is 11. The zero-order valence-corrected chi connectivity index (χ0v) is 24.0. The van der Waals surface area contributed by atoms with Gasteiger partial charge in [0, 0.05) is 69.8 Å². The smallest absolute Gasteiger partial charge is 0.271 e. The summed E-state index contributed by atoms with van der Waals surface area (Å²) < 4.78 is 0. The maximum Gasteiger partial charge on any atom is 0.271 e. The second-order valence-corrected chi connectivity index (χ2v) is 10.5. The van der Waals surface area contributed by atoms with Gasteiger partial charge in [0.05, 0.1) is 5.69 Å². The van der Waals surface area contributed by atoms with Crippen LogP contribution in [0.15, 0.2) is 30.9 Å². The lowest BCUT2D eigenvalue weighted by Gasteiger charge is -2.43. The molecule has 0 unspecified atom stereocenters. The number of likely N-dealkylation sites (N-methyl/N-ethyl adjacent to an activating group) is 1. The van der Waals surface area contributed by atoms with E-state index in [1.54, 1.807) is 0 Å². The molecule has 2 saturated heterocycles. The number of aryl methyl sites for hydroxylation is 2. The van der Waals surface area contributed by atoms with Crippen LogP contribution in [0.25, 0.3) is 0 Å². The number of benzene rings is 1. The van der Waals surface area contributed by atoms with Crippen molar-refractivity contribution in [3.8, 4) is 0 Å². The monoisotopic (exact) mass is 549 g/mol. The van der Waals surface area contributed by atoms with E-state index >= 15 is 0 Å². The standard InChI is InChI=1S/C29H43N9O2/c1-5-23-28(32-12-11-31-25(39)6-2)35-29(26(34-23)27(30)40)33-21-7-8-24(20(3)19-21)38-13-9-22(10-14-38)37-17-15-36(4)16-18-37/h6-8,19,22H,2,5,9-18H2,1,3-4H3,(H2,30,40)(H,31,39)(H2,32,33,35). The molecule has 2 amide bonds. The van der Waals surface area contributed by atoms with Gasteiger partial charge in [-0.3, -0.25) is 14.5 Å². The molecule has 0 bridgehead atoms. The summed E-state index contributed by atoms with van der Waals surface area (Å²) in [6.07, 6.45) is 4.15. The maximum atomic E-state index is 12.2. The number of nitrogens with one attached hydrogen (secondary N) is 3. The number of nitrogens with zero attached hydrogens (tertiary/aromatic N) is 5. The summed E-state index contributed by atoms with van der Waals surface area (Å²) in [4.78, 5) is 40.4. The molecule has 216 valence electrons. The number of anilines is 4. The summed E-state index contributed by atoms with van der Waals surface area (Å²) in [5.74, 6) is -0.0545. The molecule has 2 aromatic rings. The van der Waals surface area contributed by atoms with Crippen LogP contribution in [0.3, 0.4) is 0 Å². The second-order valence-electron chi connectivity index (χ2n) is 10.5. The second kappa shape index (κ2) is 13.6. The largest absolute Gasteiger partial charge is 0.371 e. The molecule has 11 nitrogen and oxygen atoms in total. The van der Waals surface area contributed by atoms with Crippen molar-refractivity contribution in [2.75, 3.05) is 74.9 Å². The molecule has 3 heterocycles. The average Bonchev–Trinajstić information content (AvgIpc) is 2.95. The topological polar surface area (TPSA) is 132 Å². The van der Waals surface area contributed by atoms with Crippen molar-refractivity contribution in [2.24, 2.45) is 5.73 Å². The predicted molar refractivity (Wildman–Crippen MR) is 160 cm³/mol. The molecule has 5 N–H and O–H groups in total. The van der Waals surface area contributed by atoms with E-state index in [9.17, 15) is 9.59 Å². The number of nitrogens with two attached hydrogens (primary N) is 1. The number of hydrogen-bond acceptors (Lipinski definition) is 9. The molecule has 0 saturated carbocycles. The fourth-order valence-corrected chi connectivity index (χ4v) is 5.44. The highest BCUT2D eigenvalue weighted by Gasteiger charge is 2.27. The van der Waals surface area contributed by atoms with Gasteiger partial charge >= 0.3 is 0 Å². The van der Waals surface area contributed by atoms with Crippen LogP contribution in [0.2, 0.25) is 0 Å². The minimum Gasteiger partial charge on any atom is -0.371 e. The quantitative estimate of drug-likeness (QED) is 0.246. The number of hydrogen-bond donors (Lipinski definition) is 4. The zero-order chi connectivity index (χ0) is 28.6. The van der Waals surface area contributed by atoms with Gasteiger partial charge in [0.2, 0.25) is 5.91 Å². The van der Waals surface area contributed by atoms with Crippen molar-refractivity contribution >= 4 is 34.8 Å². The Kier molecular flexibility index (Phi) is 9.94. The molecule has 1 aromatic carbocycles. The number of carbonyl (C=O) groups excluding carboxylic acids is 2. The van der Waals surface area contributed by atoms with Crippen LogP contribution < -0.4 is 26.6 Å². The van der Waals surface area contributed by atoms with E-state index in [0.717, 1.165) is 37.4 Å². The Balaban J connectivity index is 1.43. The lowest BCUT2D eigenvalue weighted by atomic mass is 10.0. The minimum atomic E-state index is -0.647. The summed E-state index contributed by atoms with van der Waals surface area (Å²) in [6, 6.07) is 6.88. The van der Waals surface area contributed by atoms with Crippen molar-refractivity contribution in [1.82, 2.24) is 25.1 Å². The van der Waals surface area contributed by atoms with E-state index in [4.69, 9.17) is 5.73 Å². The van der Waals surface area contributed by atoms with Crippen molar-refractivity contribution in [1.29, 1.82) is 0 Å². The first-order valence-electron chi connectivity index (χ1n) is 14.2. The van der Waals surface area contributed by atoms with Gasteiger partial charge in [0.15, 0.2) is 11.5 Å². The third-order valence-corrected chi connectivity index (χ3v) is 7.76. The summed E-state index contributed by atoms with van der Waals surface area (Å²) >= 11 is 0. The Bertz CT molecular complexity index is 1200. The van der Waals surface area contributed by atoms with Gasteiger partial charge in [-0.25, -0.2) is 9.97 Å². The number of piperazine rings is 1. The first-order chi connectivity index (χ1) is 19.3. The molecular formula is C29H43N9O2. The van der Waals surface area contributed by atoms with Gasteiger partial charge in [0.1, 0.15) is 5.82 Å². The van der Waals surface area contributed by atoms with E-state index in [2.05, 4.69) is 73.3 Å². The molecule has 0 radical (unpaired) electrons. The lowest BCUT2D eigenvalue weighted by molar-refractivity contribution is -0.116. The molecule has 2 aliphatic rings. The molecule has 1 aromatic heterocycles. The highest BCUT2D eigenvalue weighted by molar-refractivity contribution is 5.96. The van der Waals surface area contributed by atoms with E-state index in [0.29, 0.717) is 42.9 Å². The Morgan fingerprint density at radius 1 is 1.07 bits per heavy atom. The average molecular weight is 550 g/mol. The summed E-state index contributed by atoms with van der Waals surface area (Å²) in [5.41, 5.74) is 9.57. The Labute approximate surface area is 237 Å². The van der Waals surface area contributed by atoms with E-state index in [-0.39, 0.29) is 11.6 Å². The highest BCUT2D eigenvalue weighted by Crippen LogP contribution is 2.30. The maximum absolute atomic E-state index is 12.2. The minimum absolute atomic E-state index is 0.0927. The summed E-state index contributed by atoms with van der Waals surface area (Å²) in [7, 11) is 2.20. The first kappa shape index (κ1) is 29.3. The number of primary amides is 1. The van der Waals surface area contributed by atoms with E-state index in [1.165, 1.54) is 37.7 Å². The van der Waals surface area contributed by atoms with Crippen LogP contribution in [0.4, 0.5) is 23.0 Å². The SMILES string of the molecule is C=CC(=O)NCCNc1nc(Nc2ccc(N3CCC(N4CCN(C)CC4)CC3)c(C)c2)c(C(N)=O)nc1CC. The molecule has 4 rings (SSSR count). The van der Waals surface area contributed by atoms with Crippen LogP contribution >= 0.6 is 0 Å². The molecule has 11 heteroatoms.